The Bertz CT molecular complexity index is 1250. The van der Waals surface area contributed by atoms with E-state index in [2.05, 4.69) is 106 Å². The van der Waals surface area contributed by atoms with E-state index >= 15 is 0 Å². The maximum absolute atomic E-state index is 3.93. The predicted molar refractivity (Wildman–Crippen MR) is 131 cm³/mol. The van der Waals surface area contributed by atoms with Gasteiger partial charge in [0.1, 0.15) is 0 Å². The number of rotatable bonds is 4. The van der Waals surface area contributed by atoms with Crippen LogP contribution >= 0.6 is 31.9 Å². The van der Waals surface area contributed by atoms with Gasteiger partial charge >= 0.3 is 0 Å². The lowest BCUT2D eigenvalue weighted by Crippen LogP contribution is -1.87. The van der Waals surface area contributed by atoms with Crippen LogP contribution in [0.15, 0.2) is 107 Å². The van der Waals surface area contributed by atoms with Gasteiger partial charge in [0.25, 0.3) is 0 Å². The highest BCUT2D eigenvalue weighted by molar-refractivity contribution is 9.11. The molecule has 0 N–H and O–H groups in total. The SMILES string of the molecule is C=C/C=C(\C=C)c1ccc2c(Br)c3cc(-c4ccccc4)ccc3c(Br)c2c1. The van der Waals surface area contributed by atoms with E-state index in [0.717, 1.165) is 20.1 Å². The zero-order valence-electron chi connectivity index (χ0n) is 15.3. The van der Waals surface area contributed by atoms with Gasteiger partial charge in [0.05, 0.1) is 0 Å². The number of hydrogen-bond acceptors (Lipinski definition) is 0. The van der Waals surface area contributed by atoms with E-state index < -0.39 is 0 Å². The summed E-state index contributed by atoms with van der Waals surface area (Å²) in [5, 5.41) is 4.72. The molecule has 0 aliphatic rings. The summed E-state index contributed by atoms with van der Waals surface area (Å²) < 4.78 is 2.21. The zero-order valence-corrected chi connectivity index (χ0v) is 18.4. The molecule has 0 aliphatic heterocycles. The average molecular weight is 490 g/mol. The van der Waals surface area contributed by atoms with Gasteiger partial charge in [0.15, 0.2) is 0 Å². The molecule has 4 rings (SSSR count). The van der Waals surface area contributed by atoms with E-state index in [-0.39, 0.29) is 0 Å². The van der Waals surface area contributed by atoms with Crippen LogP contribution in [0.4, 0.5) is 0 Å². The Morgan fingerprint density at radius 2 is 1.32 bits per heavy atom. The second-order valence-corrected chi connectivity index (χ2v) is 8.16. The van der Waals surface area contributed by atoms with Crippen molar-refractivity contribution in [3.05, 3.63) is 113 Å². The molecule has 0 unspecified atom stereocenters. The fourth-order valence-electron chi connectivity index (χ4n) is 3.52. The Morgan fingerprint density at radius 1 is 0.679 bits per heavy atom. The third kappa shape index (κ3) is 3.28. The van der Waals surface area contributed by atoms with Crippen LogP contribution in [0.25, 0.3) is 38.2 Å². The standard InChI is InChI=1S/C26H18Br2/c1-3-8-17(4-2)19-11-13-21-23(15-19)25(27)22-14-12-20(16-24(22)26(21)28)18-9-6-5-7-10-18/h3-16H,1-2H2/b17-8+. The van der Waals surface area contributed by atoms with E-state index in [1.54, 1.807) is 6.08 Å². The first-order valence-electron chi connectivity index (χ1n) is 8.99. The summed E-state index contributed by atoms with van der Waals surface area (Å²) in [6, 6.07) is 23.6. The van der Waals surface area contributed by atoms with E-state index in [1.165, 1.54) is 32.7 Å². The van der Waals surface area contributed by atoms with Crippen molar-refractivity contribution < 1.29 is 0 Å². The second-order valence-electron chi connectivity index (χ2n) is 6.58. The van der Waals surface area contributed by atoms with Gasteiger partial charge in [-0.2, -0.15) is 0 Å². The molecule has 136 valence electrons. The maximum atomic E-state index is 3.93. The molecule has 0 heterocycles. The van der Waals surface area contributed by atoms with Gasteiger partial charge in [-0.1, -0.05) is 86.0 Å². The summed E-state index contributed by atoms with van der Waals surface area (Å²) in [5.41, 5.74) is 4.60. The molecule has 28 heavy (non-hydrogen) atoms. The molecule has 0 bridgehead atoms. The molecule has 0 aromatic heterocycles. The van der Waals surface area contributed by atoms with Crippen molar-refractivity contribution in [1.82, 2.24) is 0 Å². The minimum Gasteiger partial charge on any atom is -0.0990 e. The van der Waals surface area contributed by atoms with Crippen molar-refractivity contribution in [2.45, 2.75) is 0 Å². The smallest absolute Gasteiger partial charge is 0.0333 e. The molecule has 4 aromatic carbocycles. The predicted octanol–water partition coefficient (Wildman–Crippen LogP) is 8.94. The Balaban J connectivity index is 1.98. The molecule has 0 spiro atoms. The van der Waals surface area contributed by atoms with E-state index in [1.807, 2.05) is 18.2 Å². The second kappa shape index (κ2) is 7.90. The summed E-state index contributed by atoms with van der Waals surface area (Å²) in [6.45, 7) is 7.73. The van der Waals surface area contributed by atoms with Gasteiger partial charge in [-0.05, 0) is 87.8 Å². The van der Waals surface area contributed by atoms with Crippen molar-refractivity contribution >= 4 is 59.0 Å². The van der Waals surface area contributed by atoms with Crippen LogP contribution < -0.4 is 0 Å². The molecular weight excluding hydrogens is 472 g/mol. The Hall–Kier alpha value is -2.42. The van der Waals surface area contributed by atoms with Crippen LogP contribution in [-0.2, 0) is 0 Å². The zero-order chi connectivity index (χ0) is 19.7. The van der Waals surface area contributed by atoms with E-state index in [9.17, 15) is 0 Å². The molecular formula is C26H18Br2. The molecule has 4 aromatic rings. The fraction of sp³-hybridized carbons (Fsp3) is 0. The summed E-state index contributed by atoms with van der Waals surface area (Å²) in [7, 11) is 0. The average Bonchev–Trinajstić information content (AvgIpc) is 2.75. The van der Waals surface area contributed by atoms with Crippen LogP contribution in [0, 0.1) is 0 Å². The third-order valence-corrected chi connectivity index (χ3v) is 6.65. The van der Waals surface area contributed by atoms with Gasteiger partial charge < -0.3 is 0 Å². The van der Waals surface area contributed by atoms with Gasteiger partial charge in [0.2, 0.25) is 0 Å². The first-order valence-corrected chi connectivity index (χ1v) is 10.6. The highest BCUT2D eigenvalue weighted by Crippen LogP contribution is 2.41. The summed E-state index contributed by atoms with van der Waals surface area (Å²) in [4.78, 5) is 0. The van der Waals surface area contributed by atoms with Crippen molar-refractivity contribution in [3.63, 3.8) is 0 Å². The van der Waals surface area contributed by atoms with Crippen LogP contribution in [-0.4, -0.2) is 0 Å². The molecule has 0 saturated heterocycles. The number of hydrogen-bond donors (Lipinski definition) is 0. The van der Waals surface area contributed by atoms with Crippen molar-refractivity contribution in [2.24, 2.45) is 0 Å². The Morgan fingerprint density at radius 3 is 1.96 bits per heavy atom. The highest BCUT2D eigenvalue weighted by Gasteiger charge is 2.13. The minimum absolute atomic E-state index is 1.06. The summed E-state index contributed by atoms with van der Waals surface area (Å²) in [5.74, 6) is 0. The van der Waals surface area contributed by atoms with Crippen molar-refractivity contribution in [3.8, 4) is 11.1 Å². The Kier molecular flexibility index (Phi) is 5.34. The lowest BCUT2D eigenvalue weighted by molar-refractivity contribution is 1.63. The maximum Gasteiger partial charge on any atom is 0.0333 e. The largest absolute Gasteiger partial charge is 0.0990 e. The highest BCUT2D eigenvalue weighted by atomic mass is 79.9. The van der Waals surface area contributed by atoms with E-state index in [4.69, 9.17) is 0 Å². The van der Waals surface area contributed by atoms with Gasteiger partial charge in [-0.3, -0.25) is 0 Å². The first kappa shape index (κ1) is 18.9. The number of halogens is 2. The molecule has 0 atom stereocenters. The number of benzene rings is 4. The quantitative estimate of drug-likeness (QED) is 0.198. The van der Waals surface area contributed by atoms with E-state index in [0.29, 0.717) is 0 Å². The molecule has 0 radical (unpaired) electrons. The molecule has 0 saturated carbocycles. The van der Waals surface area contributed by atoms with Gasteiger partial charge in [0, 0.05) is 8.95 Å². The monoisotopic (exact) mass is 488 g/mol. The third-order valence-electron chi connectivity index (χ3n) is 4.94. The van der Waals surface area contributed by atoms with Crippen LogP contribution in [0.3, 0.4) is 0 Å². The molecule has 0 amide bonds. The fourth-order valence-corrected chi connectivity index (χ4v) is 4.87. The lowest BCUT2D eigenvalue weighted by atomic mass is 9.96. The molecule has 0 nitrogen and oxygen atoms in total. The number of fused-ring (bicyclic) bond motifs is 2. The normalized spacial score (nSPS) is 11.7. The van der Waals surface area contributed by atoms with Crippen LogP contribution in [0.1, 0.15) is 5.56 Å². The summed E-state index contributed by atoms with van der Waals surface area (Å²) in [6.07, 6.45) is 5.63. The van der Waals surface area contributed by atoms with Crippen molar-refractivity contribution in [1.29, 1.82) is 0 Å². The van der Waals surface area contributed by atoms with Gasteiger partial charge in [-0.15, -0.1) is 0 Å². The summed E-state index contributed by atoms with van der Waals surface area (Å²) >= 11 is 7.72. The minimum atomic E-state index is 1.06. The van der Waals surface area contributed by atoms with Crippen LogP contribution in [0.5, 0.6) is 0 Å². The van der Waals surface area contributed by atoms with Gasteiger partial charge in [-0.25, -0.2) is 0 Å². The van der Waals surface area contributed by atoms with Crippen molar-refractivity contribution in [2.75, 3.05) is 0 Å². The topological polar surface area (TPSA) is 0 Å². The van der Waals surface area contributed by atoms with Crippen LogP contribution in [0.2, 0.25) is 0 Å². The molecule has 0 aliphatic carbocycles. The first-order chi connectivity index (χ1) is 13.6. The molecule has 0 fully saturated rings. The Labute approximate surface area is 182 Å². The molecule has 2 heteroatoms. The lowest BCUT2D eigenvalue weighted by Gasteiger charge is -2.13. The number of allylic oxidation sites excluding steroid dienone is 4.